The first kappa shape index (κ1) is 13.8. The highest BCUT2D eigenvalue weighted by Crippen LogP contribution is 2.33. The molecule has 1 unspecified atom stereocenters. The topological polar surface area (TPSA) is 51.3 Å². The van der Waals surface area contributed by atoms with Crippen LogP contribution in [0.25, 0.3) is 0 Å². The van der Waals surface area contributed by atoms with Gasteiger partial charge in [-0.1, -0.05) is 18.2 Å². The van der Waals surface area contributed by atoms with Gasteiger partial charge in [-0.25, -0.2) is 0 Å². The highest BCUT2D eigenvalue weighted by Gasteiger charge is 2.32. The summed E-state index contributed by atoms with van der Waals surface area (Å²) in [4.78, 5) is 14.7. The highest BCUT2D eigenvalue weighted by molar-refractivity contribution is 6.06. The lowest BCUT2D eigenvalue weighted by atomic mass is 10.1. The molecule has 1 aliphatic heterocycles. The Kier molecular flexibility index (Phi) is 3.26. The molecule has 1 aliphatic rings. The minimum Gasteiger partial charge on any atom is -0.454 e. The number of carbonyl (C=O) groups is 1. The maximum absolute atomic E-state index is 12.8. The molecule has 23 heavy (non-hydrogen) atoms. The first-order valence-corrected chi connectivity index (χ1v) is 7.70. The second kappa shape index (κ2) is 5.43. The number of rotatable bonds is 3. The average Bonchev–Trinajstić information content (AvgIpc) is 3.26. The number of amides is 1. The Balaban J connectivity index is 1.59. The van der Waals surface area contributed by atoms with Crippen LogP contribution in [0, 0.1) is 0 Å². The van der Waals surface area contributed by atoms with Gasteiger partial charge in [0, 0.05) is 24.1 Å². The van der Waals surface area contributed by atoms with Crippen LogP contribution in [0.15, 0.2) is 59.3 Å². The molecular formula is C18H17N3O2. The Morgan fingerprint density at radius 3 is 2.96 bits per heavy atom. The fraction of sp³-hybridized carbons (Fsp3) is 0.222. The van der Waals surface area contributed by atoms with E-state index in [1.807, 2.05) is 41.4 Å². The lowest BCUT2D eigenvalue weighted by molar-refractivity contribution is 0.0952. The highest BCUT2D eigenvalue weighted by atomic mass is 16.4. The maximum Gasteiger partial charge on any atom is 0.294 e. The SMILES string of the molecule is CC1Cc2ccccc2N1C(=O)c1ccc(Cn2cccn2)o1. The molecule has 0 spiro atoms. The van der Waals surface area contributed by atoms with Crippen molar-refractivity contribution in [2.75, 3.05) is 4.90 Å². The van der Waals surface area contributed by atoms with Crippen molar-refractivity contribution in [2.24, 2.45) is 0 Å². The van der Waals surface area contributed by atoms with Crippen LogP contribution in [0.2, 0.25) is 0 Å². The summed E-state index contributed by atoms with van der Waals surface area (Å²) in [6.07, 6.45) is 4.46. The van der Waals surface area contributed by atoms with E-state index >= 15 is 0 Å². The van der Waals surface area contributed by atoms with E-state index in [2.05, 4.69) is 18.1 Å². The number of furan rings is 1. The van der Waals surface area contributed by atoms with Crippen molar-refractivity contribution in [3.63, 3.8) is 0 Å². The molecule has 0 N–H and O–H groups in total. The van der Waals surface area contributed by atoms with E-state index < -0.39 is 0 Å². The van der Waals surface area contributed by atoms with Gasteiger partial charge >= 0.3 is 0 Å². The summed E-state index contributed by atoms with van der Waals surface area (Å²) in [5.41, 5.74) is 2.19. The Bertz CT molecular complexity index is 836. The van der Waals surface area contributed by atoms with E-state index in [1.165, 1.54) is 5.56 Å². The second-order valence-corrected chi connectivity index (χ2v) is 5.83. The standard InChI is InChI=1S/C18H17N3O2/c1-13-11-14-5-2-3-6-16(14)21(13)18(22)17-8-7-15(23-17)12-20-10-4-9-19-20/h2-10,13H,11-12H2,1H3. The summed E-state index contributed by atoms with van der Waals surface area (Å²) < 4.78 is 7.51. The van der Waals surface area contributed by atoms with Crippen LogP contribution in [-0.4, -0.2) is 21.7 Å². The summed E-state index contributed by atoms with van der Waals surface area (Å²) in [6, 6.07) is 13.6. The van der Waals surface area contributed by atoms with E-state index in [1.54, 1.807) is 16.9 Å². The Morgan fingerprint density at radius 2 is 2.13 bits per heavy atom. The molecule has 0 radical (unpaired) electrons. The van der Waals surface area contributed by atoms with E-state index in [4.69, 9.17) is 4.42 Å². The van der Waals surface area contributed by atoms with Crippen LogP contribution < -0.4 is 4.90 Å². The first-order chi connectivity index (χ1) is 11.2. The molecule has 3 aromatic rings. The zero-order chi connectivity index (χ0) is 15.8. The van der Waals surface area contributed by atoms with Crippen LogP contribution in [0.1, 0.15) is 28.8 Å². The fourth-order valence-corrected chi connectivity index (χ4v) is 3.13. The molecule has 5 heteroatoms. The Labute approximate surface area is 134 Å². The number of para-hydroxylation sites is 1. The third kappa shape index (κ3) is 2.44. The predicted octanol–water partition coefficient (Wildman–Crippen LogP) is 3.12. The summed E-state index contributed by atoms with van der Waals surface area (Å²) >= 11 is 0. The molecule has 0 fully saturated rings. The number of carbonyl (C=O) groups excluding carboxylic acids is 1. The molecule has 0 bridgehead atoms. The molecule has 5 nitrogen and oxygen atoms in total. The van der Waals surface area contributed by atoms with Gasteiger partial charge in [-0.3, -0.25) is 9.48 Å². The van der Waals surface area contributed by atoms with E-state index in [-0.39, 0.29) is 11.9 Å². The van der Waals surface area contributed by atoms with Crippen LogP contribution in [0.5, 0.6) is 0 Å². The molecule has 1 atom stereocenters. The zero-order valence-electron chi connectivity index (χ0n) is 12.8. The molecule has 116 valence electrons. The number of nitrogens with zero attached hydrogens (tertiary/aromatic N) is 3. The van der Waals surface area contributed by atoms with Crippen molar-refractivity contribution >= 4 is 11.6 Å². The maximum atomic E-state index is 12.8. The molecule has 2 aromatic heterocycles. The summed E-state index contributed by atoms with van der Waals surface area (Å²) in [7, 11) is 0. The van der Waals surface area contributed by atoms with Crippen LogP contribution in [0.4, 0.5) is 5.69 Å². The van der Waals surface area contributed by atoms with Crippen LogP contribution in [0.3, 0.4) is 0 Å². The Hall–Kier alpha value is -2.82. The second-order valence-electron chi connectivity index (χ2n) is 5.83. The van der Waals surface area contributed by atoms with Gasteiger partial charge in [0.2, 0.25) is 0 Å². The van der Waals surface area contributed by atoms with Gasteiger partial charge in [0.1, 0.15) is 5.76 Å². The van der Waals surface area contributed by atoms with Crippen LogP contribution in [-0.2, 0) is 13.0 Å². The number of anilines is 1. The minimum absolute atomic E-state index is 0.0887. The number of hydrogen-bond acceptors (Lipinski definition) is 3. The number of fused-ring (bicyclic) bond motifs is 1. The predicted molar refractivity (Wildman–Crippen MR) is 86.5 cm³/mol. The summed E-state index contributed by atoms with van der Waals surface area (Å²) in [6.45, 7) is 2.58. The van der Waals surface area contributed by atoms with Gasteiger partial charge < -0.3 is 9.32 Å². The summed E-state index contributed by atoms with van der Waals surface area (Å²) in [5, 5.41) is 4.15. The van der Waals surface area contributed by atoms with Crippen molar-refractivity contribution in [3.8, 4) is 0 Å². The molecule has 3 heterocycles. The van der Waals surface area contributed by atoms with Gasteiger partial charge in [0.05, 0.1) is 6.54 Å². The number of aromatic nitrogens is 2. The third-order valence-electron chi connectivity index (χ3n) is 4.18. The van der Waals surface area contributed by atoms with E-state index in [0.29, 0.717) is 12.3 Å². The van der Waals surface area contributed by atoms with Gasteiger partial charge in [0.15, 0.2) is 5.76 Å². The molecule has 4 rings (SSSR count). The molecule has 0 saturated heterocycles. The molecule has 0 aliphatic carbocycles. The normalized spacial score (nSPS) is 16.6. The van der Waals surface area contributed by atoms with Gasteiger partial charge in [-0.05, 0) is 43.2 Å². The molecular weight excluding hydrogens is 290 g/mol. The van der Waals surface area contributed by atoms with Crippen molar-refractivity contribution in [3.05, 3.63) is 71.9 Å². The quantitative estimate of drug-likeness (QED) is 0.747. The molecule has 1 amide bonds. The third-order valence-corrected chi connectivity index (χ3v) is 4.18. The average molecular weight is 307 g/mol. The monoisotopic (exact) mass is 307 g/mol. The number of benzene rings is 1. The van der Waals surface area contributed by atoms with Crippen molar-refractivity contribution in [1.29, 1.82) is 0 Å². The molecule has 1 aromatic carbocycles. The number of hydrogen-bond donors (Lipinski definition) is 0. The first-order valence-electron chi connectivity index (χ1n) is 7.70. The Morgan fingerprint density at radius 1 is 1.26 bits per heavy atom. The van der Waals surface area contributed by atoms with Crippen molar-refractivity contribution < 1.29 is 9.21 Å². The van der Waals surface area contributed by atoms with Gasteiger partial charge in [-0.2, -0.15) is 5.10 Å². The van der Waals surface area contributed by atoms with E-state index in [0.717, 1.165) is 17.9 Å². The summed E-state index contributed by atoms with van der Waals surface area (Å²) in [5.74, 6) is 1.00. The largest absolute Gasteiger partial charge is 0.454 e. The van der Waals surface area contributed by atoms with Crippen molar-refractivity contribution in [2.45, 2.75) is 25.9 Å². The van der Waals surface area contributed by atoms with Gasteiger partial charge in [-0.15, -0.1) is 0 Å². The lowest BCUT2D eigenvalue weighted by Crippen LogP contribution is -2.35. The lowest BCUT2D eigenvalue weighted by Gasteiger charge is -2.21. The van der Waals surface area contributed by atoms with Crippen LogP contribution >= 0.6 is 0 Å². The van der Waals surface area contributed by atoms with Crippen molar-refractivity contribution in [1.82, 2.24) is 9.78 Å². The van der Waals surface area contributed by atoms with Gasteiger partial charge in [0.25, 0.3) is 5.91 Å². The fourth-order valence-electron chi connectivity index (χ4n) is 3.13. The minimum atomic E-state index is -0.0887. The van der Waals surface area contributed by atoms with E-state index in [9.17, 15) is 4.79 Å². The smallest absolute Gasteiger partial charge is 0.294 e. The zero-order valence-corrected chi connectivity index (χ0v) is 12.8. The molecule has 0 saturated carbocycles.